The van der Waals surface area contributed by atoms with Crippen molar-refractivity contribution in [2.75, 3.05) is 26.3 Å². The minimum absolute atomic E-state index is 0.0411. The third-order valence-electron chi connectivity index (χ3n) is 4.13. The first-order valence-electron chi connectivity index (χ1n) is 7.88. The number of likely N-dealkylation sites (tertiary alicyclic amines) is 1. The summed E-state index contributed by atoms with van der Waals surface area (Å²) in [6.45, 7) is 3.86. The molecule has 1 saturated heterocycles. The molecule has 0 spiro atoms. The average Bonchev–Trinajstić information content (AvgIpc) is 2.54. The van der Waals surface area contributed by atoms with Crippen molar-refractivity contribution in [2.45, 2.75) is 38.2 Å². The van der Waals surface area contributed by atoms with Crippen LogP contribution in [0.5, 0.6) is 0 Å². The maximum atomic E-state index is 13.3. The lowest BCUT2D eigenvalue weighted by molar-refractivity contribution is -0.135. The van der Waals surface area contributed by atoms with Gasteiger partial charge in [0.25, 0.3) is 0 Å². The first-order valence-corrected chi connectivity index (χ1v) is 7.88. The molecule has 1 atom stereocenters. The van der Waals surface area contributed by atoms with E-state index in [0.717, 1.165) is 12.8 Å². The van der Waals surface area contributed by atoms with Gasteiger partial charge in [-0.1, -0.05) is 12.1 Å². The molecule has 1 unspecified atom stereocenters. The fraction of sp³-hybridized carbons (Fsp3) is 0.588. The third kappa shape index (κ3) is 4.52. The minimum Gasteiger partial charge on any atom is -0.396 e. The van der Waals surface area contributed by atoms with E-state index in [1.807, 2.05) is 11.8 Å². The number of rotatable bonds is 6. The quantitative estimate of drug-likeness (QED) is 0.821. The van der Waals surface area contributed by atoms with Gasteiger partial charge in [-0.15, -0.1) is 0 Å². The summed E-state index contributed by atoms with van der Waals surface area (Å²) >= 11 is 0. The first kappa shape index (κ1) is 16.9. The molecule has 4 nitrogen and oxygen atoms in total. The molecule has 2 rings (SSSR count). The number of benzene rings is 1. The summed E-state index contributed by atoms with van der Waals surface area (Å²) in [5.74, 6) is -0.602. The smallest absolute Gasteiger partial charge is 0.229 e. The van der Waals surface area contributed by atoms with Gasteiger partial charge in [0, 0.05) is 26.3 Å². The van der Waals surface area contributed by atoms with E-state index < -0.39 is 0 Å². The van der Waals surface area contributed by atoms with E-state index in [2.05, 4.69) is 0 Å². The summed E-state index contributed by atoms with van der Waals surface area (Å²) in [7, 11) is 0. The molecule has 0 aromatic heterocycles. The minimum atomic E-state index is -0.331. The van der Waals surface area contributed by atoms with E-state index in [0.29, 0.717) is 31.7 Å². The molecule has 5 heteroatoms. The Hall–Kier alpha value is -1.46. The average molecular weight is 309 g/mol. The summed E-state index contributed by atoms with van der Waals surface area (Å²) in [5, 5.41) is 8.74. The molecule has 1 N–H and O–H groups in total. The Morgan fingerprint density at radius 2 is 2.18 bits per heavy atom. The van der Waals surface area contributed by atoms with Gasteiger partial charge >= 0.3 is 0 Å². The summed E-state index contributed by atoms with van der Waals surface area (Å²) in [6.07, 6.45) is 2.44. The van der Waals surface area contributed by atoms with E-state index in [4.69, 9.17) is 9.84 Å². The molecule has 1 aromatic carbocycles. The van der Waals surface area contributed by atoms with Crippen molar-refractivity contribution in [2.24, 2.45) is 0 Å². The van der Waals surface area contributed by atoms with Gasteiger partial charge in [0.2, 0.25) is 5.91 Å². The van der Waals surface area contributed by atoms with Gasteiger partial charge in [-0.2, -0.15) is 0 Å². The Morgan fingerprint density at radius 1 is 1.45 bits per heavy atom. The fourth-order valence-electron chi connectivity index (χ4n) is 2.75. The van der Waals surface area contributed by atoms with E-state index in [1.165, 1.54) is 12.1 Å². The second-order valence-electron chi connectivity index (χ2n) is 5.75. The number of ether oxygens (including phenoxy) is 1. The number of aliphatic hydroxyl groups is 1. The number of amides is 1. The van der Waals surface area contributed by atoms with Crippen LogP contribution in [0, 0.1) is 5.82 Å². The van der Waals surface area contributed by atoms with Crippen molar-refractivity contribution in [3.05, 3.63) is 35.6 Å². The molecular formula is C17H24FNO3. The van der Waals surface area contributed by atoms with Crippen molar-refractivity contribution in [3.63, 3.8) is 0 Å². The van der Waals surface area contributed by atoms with Gasteiger partial charge in [0.05, 0.1) is 12.0 Å². The second kappa shape index (κ2) is 8.25. The summed E-state index contributed by atoms with van der Waals surface area (Å²) in [6, 6.07) is 6.23. The van der Waals surface area contributed by atoms with E-state index in [-0.39, 0.29) is 30.4 Å². The molecule has 1 amide bonds. The van der Waals surface area contributed by atoms with E-state index in [1.54, 1.807) is 12.1 Å². The van der Waals surface area contributed by atoms with Crippen LogP contribution in [0.25, 0.3) is 0 Å². The molecule has 1 aliphatic rings. The number of carbonyl (C=O) groups is 1. The van der Waals surface area contributed by atoms with Crippen LogP contribution in [0.15, 0.2) is 24.3 Å². The van der Waals surface area contributed by atoms with E-state index in [9.17, 15) is 9.18 Å². The summed E-state index contributed by atoms with van der Waals surface area (Å²) in [4.78, 5) is 14.3. The van der Waals surface area contributed by atoms with Gasteiger partial charge in [-0.05, 0) is 43.9 Å². The number of aliphatic hydroxyl groups excluding tert-OH is 1. The zero-order chi connectivity index (χ0) is 15.9. The molecule has 1 heterocycles. The van der Waals surface area contributed by atoms with Crippen LogP contribution in [0.3, 0.4) is 0 Å². The predicted molar refractivity (Wildman–Crippen MR) is 82.1 cm³/mol. The summed E-state index contributed by atoms with van der Waals surface area (Å²) in [5.41, 5.74) is 0.714. The predicted octanol–water partition coefficient (Wildman–Crippen LogP) is 2.32. The zero-order valence-electron chi connectivity index (χ0n) is 13.0. The lowest BCUT2D eigenvalue weighted by atomic mass is 9.98. The number of piperidine rings is 1. The SMILES string of the molecule is CC(C(=O)N1CCC(OCCCO)CC1)c1cccc(F)c1. The zero-order valence-corrected chi connectivity index (χ0v) is 13.0. The monoisotopic (exact) mass is 309 g/mol. The highest BCUT2D eigenvalue weighted by Crippen LogP contribution is 2.22. The Balaban J connectivity index is 1.84. The third-order valence-corrected chi connectivity index (χ3v) is 4.13. The van der Waals surface area contributed by atoms with Crippen LogP contribution in [0.2, 0.25) is 0 Å². The highest BCUT2D eigenvalue weighted by atomic mass is 19.1. The fourth-order valence-corrected chi connectivity index (χ4v) is 2.75. The Morgan fingerprint density at radius 3 is 2.82 bits per heavy atom. The number of carbonyl (C=O) groups excluding carboxylic acids is 1. The maximum Gasteiger partial charge on any atom is 0.229 e. The van der Waals surface area contributed by atoms with Crippen molar-refractivity contribution < 1.29 is 19.0 Å². The summed E-state index contributed by atoms with van der Waals surface area (Å²) < 4.78 is 18.9. The lowest BCUT2D eigenvalue weighted by Crippen LogP contribution is -2.42. The first-order chi connectivity index (χ1) is 10.6. The standard InChI is InChI=1S/C17H24FNO3/c1-13(14-4-2-5-15(18)12-14)17(21)19-8-6-16(7-9-19)22-11-3-10-20/h2,4-5,12-13,16,20H,3,6-11H2,1H3. The van der Waals surface area contributed by atoms with Crippen LogP contribution in [-0.2, 0) is 9.53 Å². The molecule has 0 saturated carbocycles. The normalized spacial score (nSPS) is 17.5. The van der Waals surface area contributed by atoms with Gasteiger partial charge in [0.1, 0.15) is 5.82 Å². The van der Waals surface area contributed by atoms with Gasteiger partial charge in [-0.25, -0.2) is 4.39 Å². The number of nitrogens with zero attached hydrogens (tertiary/aromatic N) is 1. The highest BCUT2D eigenvalue weighted by Gasteiger charge is 2.27. The van der Waals surface area contributed by atoms with Crippen molar-refractivity contribution >= 4 is 5.91 Å². The van der Waals surface area contributed by atoms with Crippen LogP contribution in [0.4, 0.5) is 4.39 Å². The molecule has 1 aliphatic heterocycles. The Kier molecular flexibility index (Phi) is 6.34. The van der Waals surface area contributed by atoms with Crippen LogP contribution in [0.1, 0.15) is 37.7 Å². The number of hydrogen-bond acceptors (Lipinski definition) is 3. The molecule has 22 heavy (non-hydrogen) atoms. The maximum absolute atomic E-state index is 13.3. The molecule has 1 fully saturated rings. The van der Waals surface area contributed by atoms with E-state index >= 15 is 0 Å². The largest absolute Gasteiger partial charge is 0.396 e. The molecule has 1 aromatic rings. The van der Waals surface area contributed by atoms with Crippen molar-refractivity contribution in [1.82, 2.24) is 4.90 Å². The van der Waals surface area contributed by atoms with Crippen LogP contribution in [-0.4, -0.2) is 48.3 Å². The van der Waals surface area contributed by atoms with Crippen molar-refractivity contribution in [3.8, 4) is 0 Å². The second-order valence-corrected chi connectivity index (χ2v) is 5.75. The van der Waals surface area contributed by atoms with Crippen LogP contribution >= 0.6 is 0 Å². The lowest BCUT2D eigenvalue weighted by Gasteiger charge is -2.33. The molecule has 0 bridgehead atoms. The van der Waals surface area contributed by atoms with Crippen LogP contribution < -0.4 is 0 Å². The molecule has 0 radical (unpaired) electrons. The Bertz CT molecular complexity index is 487. The number of hydrogen-bond donors (Lipinski definition) is 1. The topological polar surface area (TPSA) is 49.8 Å². The molecule has 122 valence electrons. The van der Waals surface area contributed by atoms with Gasteiger partial charge < -0.3 is 14.7 Å². The van der Waals surface area contributed by atoms with Crippen molar-refractivity contribution in [1.29, 1.82) is 0 Å². The highest BCUT2D eigenvalue weighted by molar-refractivity contribution is 5.83. The number of halogens is 1. The Labute approximate surface area is 130 Å². The van der Waals surface area contributed by atoms with Gasteiger partial charge in [0.15, 0.2) is 0 Å². The molecule has 0 aliphatic carbocycles. The van der Waals surface area contributed by atoms with Gasteiger partial charge in [-0.3, -0.25) is 4.79 Å². The molecular weight excluding hydrogens is 285 g/mol.